The Morgan fingerprint density at radius 2 is 1.91 bits per heavy atom. The molecule has 0 unspecified atom stereocenters. The van der Waals surface area contributed by atoms with Crippen LogP contribution in [0.4, 0.5) is 0 Å². The zero-order chi connectivity index (χ0) is 15.2. The van der Waals surface area contributed by atoms with Crippen LogP contribution in [0.5, 0.6) is 0 Å². The molecule has 0 N–H and O–H groups in total. The molecule has 1 saturated heterocycles. The van der Waals surface area contributed by atoms with E-state index in [4.69, 9.17) is 8.83 Å². The van der Waals surface area contributed by atoms with Gasteiger partial charge in [0.2, 0.25) is 15.9 Å². The Kier molecular flexibility index (Phi) is 3.30. The van der Waals surface area contributed by atoms with Gasteiger partial charge < -0.3 is 8.83 Å². The molecule has 2 aromatic heterocycles. The normalized spacial score (nSPS) is 21.3. The molecule has 0 bridgehead atoms. The molecule has 0 radical (unpaired) electrons. The lowest BCUT2D eigenvalue weighted by molar-refractivity contribution is 0.290. The van der Waals surface area contributed by atoms with E-state index in [-0.39, 0.29) is 11.2 Å². The molecule has 0 aromatic carbocycles. The van der Waals surface area contributed by atoms with E-state index in [1.54, 1.807) is 22.7 Å². The first-order chi connectivity index (χ1) is 10.6. The summed E-state index contributed by atoms with van der Waals surface area (Å²) in [6.07, 6.45) is 4.59. The molecule has 1 saturated carbocycles. The highest BCUT2D eigenvalue weighted by atomic mass is 32.2. The standard InChI is InChI=1S/C14H17N3O4S/c18-22(19,11-3-4-11)17-7-5-10(6-8-17)13-15-16-14(21-13)12-2-1-9-20-12/h1-2,9-11H,3-8H2. The van der Waals surface area contributed by atoms with Crippen molar-refractivity contribution in [1.29, 1.82) is 0 Å². The molecule has 8 heteroatoms. The maximum Gasteiger partial charge on any atom is 0.283 e. The van der Waals surface area contributed by atoms with Crippen molar-refractivity contribution < 1.29 is 17.3 Å². The van der Waals surface area contributed by atoms with Crippen molar-refractivity contribution in [3.63, 3.8) is 0 Å². The van der Waals surface area contributed by atoms with E-state index in [1.807, 2.05) is 0 Å². The highest BCUT2D eigenvalue weighted by Crippen LogP contribution is 2.35. The molecule has 1 aliphatic heterocycles. The van der Waals surface area contributed by atoms with Crippen LogP contribution in [0.1, 0.15) is 37.5 Å². The molecule has 0 atom stereocenters. The topological polar surface area (TPSA) is 89.4 Å². The monoisotopic (exact) mass is 323 g/mol. The summed E-state index contributed by atoms with van der Waals surface area (Å²) in [5.41, 5.74) is 0. The lowest BCUT2D eigenvalue weighted by Gasteiger charge is -2.29. The number of rotatable bonds is 4. The number of piperidine rings is 1. The van der Waals surface area contributed by atoms with Crippen LogP contribution in [-0.4, -0.2) is 41.3 Å². The fourth-order valence-electron chi connectivity index (χ4n) is 2.83. The average molecular weight is 323 g/mol. The molecule has 2 aromatic rings. The van der Waals surface area contributed by atoms with Gasteiger partial charge in [-0.15, -0.1) is 10.2 Å². The summed E-state index contributed by atoms with van der Waals surface area (Å²) in [5.74, 6) is 1.59. The lowest BCUT2D eigenvalue weighted by atomic mass is 9.98. The summed E-state index contributed by atoms with van der Waals surface area (Å²) >= 11 is 0. The SMILES string of the molecule is O=S(=O)(C1CC1)N1CCC(c2nnc(-c3ccco3)o2)CC1. The molecule has 0 spiro atoms. The van der Waals surface area contributed by atoms with Gasteiger partial charge in [-0.2, -0.15) is 0 Å². The maximum absolute atomic E-state index is 12.2. The van der Waals surface area contributed by atoms with Crippen LogP contribution in [-0.2, 0) is 10.0 Å². The minimum Gasteiger partial charge on any atom is -0.459 e. The quantitative estimate of drug-likeness (QED) is 0.855. The zero-order valence-electron chi connectivity index (χ0n) is 12.0. The molecule has 118 valence electrons. The van der Waals surface area contributed by atoms with Crippen molar-refractivity contribution in [2.24, 2.45) is 0 Å². The first-order valence-electron chi connectivity index (χ1n) is 7.51. The van der Waals surface area contributed by atoms with Gasteiger partial charge in [0.25, 0.3) is 5.89 Å². The van der Waals surface area contributed by atoms with Crippen molar-refractivity contribution in [2.45, 2.75) is 36.9 Å². The van der Waals surface area contributed by atoms with Crippen molar-refractivity contribution in [2.75, 3.05) is 13.1 Å². The first-order valence-corrected chi connectivity index (χ1v) is 9.01. The molecule has 1 aliphatic carbocycles. The van der Waals surface area contributed by atoms with Gasteiger partial charge in [0.15, 0.2) is 5.76 Å². The van der Waals surface area contributed by atoms with Crippen molar-refractivity contribution >= 4 is 10.0 Å². The molecule has 0 amide bonds. The Morgan fingerprint density at radius 3 is 2.55 bits per heavy atom. The first kappa shape index (κ1) is 14.0. The third-order valence-corrected chi connectivity index (χ3v) is 6.68. The van der Waals surface area contributed by atoms with Crippen LogP contribution in [0.25, 0.3) is 11.7 Å². The van der Waals surface area contributed by atoms with Crippen LogP contribution >= 0.6 is 0 Å². The molecule has 3 heterocycles. The second-order valence-electron chi connectivity index (χ2n) is 5.84. The summed E-state index contributed by atoms with van der Waals surface area (Å²) in [7, 11) is -3.07. The Labute approximate surface area is 128 Å². The van der Waals surface area contributed by atoms with Gasteiger partial charge in [0.1, 0.15) is 0 Å². The van der Waals surface area contributed by atoms with Crippen LogP contribution in [0.2, 0.25) is 0 Å². The van der Waals surface area contributed by atoms with Crippen molar-refractivity contribution in [3.8, 4) is 11.7 Å². The number of aromatic nitrogens is 2. The Hall–Kier alpha value is -1.67. The number of sulfonamides is 1. The minimum atomic E-state index is -3.07. The van der Waals surface area contributed by atoms with Gasteiger partial charge in [-0.1, -0.05) is 0 Å². The largest absolute Gasteiger partial charge is 0.459 e. The summed E-state index contributed by atoms with van der Waals surface area (Å²) in [6, 6.07) is 3.53. The number of nitrogens with zero attached hydrogens (tertiary/aromatic N) is 3. The van der Waals surface area contributed by atoms with Crippen molar-refractivity contribution in [3.05, 3.63) is 24.3 Å². The van der Waals surface area contributed by atoms with Gasteiger partial charge in [0.05, 0.1) is 11.5 Å². The summed E-state index contributed by atoms with van der Waals surface area (Å²) in [6.45, 7) is 1.06. The Bertz CT molecular complexity index is 741. The highest BCUT2D eigenvalue weighted by molar-refractivity contribution is 7.90. The lowest BCUT2D eigenvalue weighted by Crippen LogP contribution is -2.39. The van der Waals surface area contributed by atoms with E-state index in [2.05, 4.69) is 10.2 Å². The van der Waals surface area contributed by atoms with Crippen molar-refractivity contribution in [1.82, 2.24) is 14.5 Å². The Morgan fingerprint density at radius 1 is 1.14 bits per heavy atom. The van der Waals surface area contributed by atoms with Gasteiger partial charge >= 0.3 is 0 Å². The average Bonchev–Trinajstić information content (AvgIpc) is 3.06. The van der Waals surface area contributed by atoms with Crippen LogP contribution in [0.15, 0.2) is 27.2 Å². The molecule has 4 rings (SSSR count). The van der Waals surface area contributed by atoms with Crippen LogP contribution in [0.3, 0.4) is 0 Å². The van der Waals surface area contributed by atoms with E-state index < -0.39 is 10.0 Å². The van der Waals surface area contributed by atoms with E-state index in [0.29, 0.717) is 43.5 Å². The van der Waals surface area contributed by atoms with E-state index >= 15 is 0 Å². The van der Waals surface area contributed by atoms with Crippen LogP contribution < -0.4 is 0 Å². The minimum absolute atomic E-state index is 0.113. The Balaban J connectivity index is 1.43. The number of hydrogen-bond donors (Lipinski definition) is 0. The van der Waals surface area contributed by atoms with Gasteiger partial charge in [0, 0.05) is 19.0 Å². The molecule has 22 heavy (non-hydrogen) atoms. The predicted octanol–water partition coefficient (Wildman–Crippen LogP) is 2.00. The number of hydrogen-bond acceptors (Lipinski definition) is 6. The second kappa shape index (κ2) is 5.20. The summed E-state index contributed by atoms with van der Waals surface area (Å²) in [5, 5.41) is 7.94. The zero-order valence-corrected chi connectivity index (χ0v) is 12.8. The second-order valence-corrected chi connectivity index (χ2v) is 8.05. The molecular weight excluding hydrogens is 306 g/mol. The fraction of sp³-hybridized carbons (Fsp3) is 0.571. The maximum atomic E-state index is 12.2. The number of furan rings is 1. The van der Waals surface area contributed by atoms with Gasteiger partial charge in [-0.3, -0.25) is 0 Å². The molecule has 2 fully saturated rings. The third-order valence-electron chi connectivity index (χ3n) is 4.28. The van der Waals surface area contributed by atoms with E-state index in [9.17, 15) is 8.42 Å². The van der Waals surface area contributed by atoms with Crippen LogP contribution in [0, 0.1) is 0 Å². The van der Waals surface area contributed by atoms with E-state index in [1.165, 1.54) is 0 Å². The van der Waals surface area contributed by atoms with E-state index in [0.717, 1.165) is 12.8 Å². The molecular formula is C14H17N3O4S. The smallest absolute Gasteiger partial charge is 0.283 e. The molecule has 2 aliphatic rings. The third kappa shape index (κ3) is 2.46. The van der Waals surface area contributed by atoms with Gasteiger partial charge in [-0.25, -0.2) is 12.7 Å². The fourth-order valence-corrected chi connectivity index (χ4v) is 4.71. The highest BCUT2D eigenvalue weighted by Gasteiger charge is 2.41. The summed E-state index contributed by atoms with van der Waals surface area (Å²) in [4.78, 5) is 0. The summed E-state index contributed by atoms with van der Waals surface area (Å²) < 4.78 is 36.9. The molecule has 7 nitrogen and oxygen atoms in total. The predicted molar refractivity (Wildman–Crippen MR) is 77.5 cm³/mol. The van der Waals surface area contributed by atoms with Gasteiger partial charge in [-0.05, 0) is 37.8 Å².